The zero-order chi connectivity index (χ0) is 15.2. The normalized spacial score (nSPS) is 11.1. The number of sulfonamides is 1. The molecule has 0 saturated carbocycles. The van der Waals surface area contributed by atoms with Crippen molar-refractivity contribution in [3.63, 3.8) is 0 Å². The fourth-order valence-electron chi connectivity index (χ4n) is 1.39. The van der Waals surface area contributed by atoms with E-state index in [0.717, 1.165) is 0 Å². The van der Waals surface area contributed by atoms with E-state index in [-0.39, 0.29) is 12.4 Å². The molecule has 2 N–H and O–H groups in total. The highest BCUT2D eigenvalue weighted by molar-refractivity contribution is 7.88. The number of benzene rings is 1. The first kappa shape index (κ1) is 16.1. The third-order valence-electron chi connectivity index (χ3n) is 2.27. The number of carboxylic acid groups (broad SMARTS) is 1. The van der Waals surface area contributed by atoms with Gasteiger partial charge in [0.15, 0.2) is 0 Å². The van der Waals surface area contributed by atoms with E-state index < -0.39 is 28.5 Å². The van der Waals surface area contributed by atoms with Crippen molar-refractivity contribution in [1.82, 2.24) is 4.72 Å². The minimum absolute atomic E-state index is 0.258. The lowest BCUT2D eigenvalue weighted by Gasteiger charge is -2.06. The van der Waals surface area contributed by atoms with Gasteiger partial charge in [-0.05, 0) is 24.6 Å². The third kappa shape index (κ3) is 5.37. The van der Waals surface area contributed by atoms with Gasteiger partial charge in [-0.1, -0.05) is 12.1 Å². The van der Waals surface area contributed by atoms with Crippen molar-refractivity contribution in [3.05, 3.63) is 35.4 Å². The average molecular weight is 301 g/mol. The highest BCUT2D eigenvalue weighted by atomic mass is 32.2. The SMILES string of the molecule is CCOC(=O)c1ccc(CS(=O)(=O)NCC(=O)O)cc1. The van der Waals surface area contributed by atoms with Gasteiger partial charge in [0.2, 0.25) is 10.0 Å². The second-order valence-electron chi connectivity index (χ2n) is 3.89. The van der Waals surface area contributed by atoms with E-state index in [1.165, 1.54) is 24.3 Å². The van der Waals surface area contributed by atoms with Crippen LogP contribution in [0.5, 0.6) is 0 Å². The number of aliphatic carboxylic acids is 1. The van der Waals surface area contributed by atoms with E-state index in [4.69, 9.17) is 9.84 Å². The molecular weight excluding hydrogens is 286 g/mol. The first-order chi connectivity index (χ1) is 9.34. The summed E-state index contributed by atoms with van der Waals surface area (Å²) in [5.74, 6) is -2.10. The minimum atomic E-state index is -3.72. The number of nitrogens with one attached hydrogen (secondary N) is 1. The largest absolute Gasteiger partial charge is 0.480 e. The van der Waals surface area contributed by atoms with Crippen molar-refractivity contribution < 1.29 is 27.9 Å². The topological polar surface area (TPSA) is 110 Å². The molecule has 0 saturated heterocycles. The van der Waals surface area contributed by atoms with E-state index in [1.54, 1.807) is 6.92 Å². The molecule has 110 valence electrons. The number of hydrogen-bond acceptors (Lipinski definition) is 5. The predicted molar refractivity (Wildman–Crippen MR) is 70.7 cm³/mol. The van der Waals surface area contributed by atoms with Crippen LogP contribution in [0.2, 0.25) is 0 Å². The fraction of sp³-hybridized carbons (Fsp3) is 0.333. The summed E-state index contributed by atoms with van der Waals surface area (Å²) in [5, 5.41) is 8.41. The van der Waals surface area contributed by atoms with E-state index in [2.05, 4.69) is 0 Å². The van der Waals surface area contributed by atoms with Crippen LogP contribution in [0.15, 0.2) is 24.3 Å². The van der Waals surface area contributed by atoms with Crippen molar-refractivity contribution in [3.8, 4) is 0 Å². The Morgan fingerprint density at radius 3 is 2.35 bits per heavy atom. The van der Waals surface area contributed by atoms with Crippen LogP contribution in [0.1, 0.15) is 22.8 Å². The van der Waals surface area contributed by atoms with Crippen molar-refractivity contribution >= 4 is 22.0 Å². The lowest BCUT2D eigenvalue weighted by molar-refractivity contribution is -0.135. The molecule has 1 rings (SSSR count). The summed E-state index contributed by atoms with van der Waals surface area (Å²) in [6, 6.07) is 5.87. The van der Waals surface area contributed by atoms with Gasteiger partial charge in [-0.2, -0.15) is 0 Å². The Morgan fingerprint density at radius 2 is 1.85 bits per heavy atom. The molecule has 0 radical (unpaired) electrons. The van der Waals surface area contributed by atoms with Gasteiger partial charge in [0.25, 0.3) is 0 Å². The summed E-state index contributed by atoms with van der Waals surface area (Å²) in [5.41, 5.74) is 0.766. The Morgan fingerprint density at radius 1 is 1.25 bits per heavy atom. The van der Waals surface area contributed by atoms with Crippen LogP contribution in [0, 0.1) is 0 Å². The molecule has 0 fully saturated rings. The first-order valence-electron chi connectivity index (χ1n) is 5.79. The number of hydrogen-bond donors (Lipinski definition) is 2. The molecule has 8 heteroatoms. The minimum Gasteiger partial charge on any atom is -0.480 e. The fourth-order valence-corrected chi connectivity index (χ4v) is 2.47. The summed E-state index contributed by atoms with van der Waals surface area (Å²) in [6.45, 7) is 1.28. The smallest absolute Gasteiger partial charge is 0.338 e. The molecule has 0 spiro atoms. The number of ether oxygens (including phenoxy) is 1. The monoisotopic (exact) mass is 301 g/mol. The molecule has 20 heavy (non-hydrogen) atoms. The number of carbonyl (C=O) groups excluding carboxylic acids is 1. The Labute approximate surface area is 116 Å². The van der Waals surface area contributed by atoms with Crippen LogP contribution in [-0.2, 0) is 25.3 Å². The standard InChI is InChI=1S/C12H15NO6S/c1-2-19-12(16)10-5-3-9(4-6-10)8-20(17,18)13-7-11(14)15/h3-6,13H,2,7-8H2,1H3,(H,14,15). The molecule has 1 aromatic rings. The number of esters is 1. The van der Waals surface area contributed by atoms with Gasteiger partial charge < -0.3 is 9.84 Å². The molecule has 0 aliphatic rings. The molecule has 0 bridgehead atoms. The Balaban J connectivity index is 2.70. The average Bonchev–Trinajstić information content (AvgIpc) is 2.37. The zero-order valence-electron chi connectivity index (χ0n) is 10.8. The Kier molecular flexibility index (Phi) is 5.66. The number of carboxylic acids is 1. The van der Waals surface area contributed by atoms with Crippen LogP contribution in [0.25, 0.3) is 0 Å². The molecular formula is C12H15NO6S. The Bertz CT molecular complexity index is 578. The maximum atomic E-state index is 11.6. The number of rotatable bonds is 7. The van der Waals surface area contributed by atoms with Crippen LogP contribution in [-0.4, -0.2) is 38.6 Å². The molecule has 1 aromatic carbocycles. The highest BCUT2D eigenvalue weighted by Gasteiger charge is 2.13. The van der Waals surface area contributed by atoms with Gasteiger partial charge in [0.05, 0.1) is 17.9 Å². The molecule has 0 heterocycles. The molecule has 0 aliphatic carbocycles. The summed E-state index contributed by atoms with van der Waals surface area (Å²) in [6.07, 6.45) is 0. The lowest BCUT2D eigenvalue weighted by Crippen LogP contribution is -2.30. The van der Waals surface area contributed by atoms with E-state index in [9.17, 15) is 18.0 Å². The molecule has 0 aliphatic heterocycles. The predicted octanol–water partition coefficient (Wildman–Crippen LogP) is 0.367. The van der Waals surface area contributed by atoms with Crippen molar-refractivity contribution in [2.45, 2.75) is 12.7 Å². The molecule has 0 aromatic heterocycles. The Hall–Kier alpha value is -1.93. The summed E-state index contributed by atoms with van der Waals surface area (Å²) >= 11 is 0. The molecule has 0 atom stereocenters. The van der Waals surface area contributed by atoms with E-state index >= 15 is 0 Å². The van der Waals surface area contributed by atoms with Crippen LogP contribution in [0.3, 0.4) is 0 Å². The van der Waals surface area contributed by atoms with E-state index in [1.807, 2.05) is 4.72 Å². The summed E-state index contributed by atoms with van der Waals surface area (Å²) in [7, 11) is -3.72. The van der Waals surface area contributed by atoms with Gasteiger partial charge in [0.1, 0.15) is 6.54 Å². The first-order valence-corrected chi connectivity index (χ1v) is 7.44. The van der Waals surface area contributed by atoms with E-state index in [0.29, 0.717) is 11.1 Å². The van der Waals surface area contributed by atoms with Gasteiger partial charge in [-0.25, -0.2) is 17.9 Å². The van der Waals surface area contributed by atoms with Gasteiger partial charge >= 0.3 is 11.9 Å². The van der Waals surface area contributed by atoms with Crippen molar-refractivity contribution in [1.29, 1.82) is 0 Å². The zero-order valence-corrected chi connectivity index (χ0v) is 11.6. The highest BCUT2D eigenvalue weighted by Crippen LogP contribution is 2.09. The van der Waals surface area contributed by atoms with Crippen LogP contribution < -0.4 is 4.72 Å². The summed E-state index contributed by atoms with van der Waals surface area (Å²) in [4.78, 5) is 21.7. The summed E-state index contributed by atoms with van der Waals surface area (Å²) < 4.78 is 29.9. The van der Waals surface area contributed by atoms with Gasteiger partial charge in [-0.15, -0.1) is 0 Å². The maximum absolute atomic E-state index is 11.6. The van der Waals surface area contributed by atoms with Crippen LogP contribution in [0.4, 0.5) is 0 Å². The third-order valence-corrected chi connectivity index (χ3v) is 3.56. The molecule has 0 unspecified atom stereocenters. The quantitative estimate of drug-likeness (QED) is 0.704. The van der Waals surface area contributed by atoms with Crippen LogP contribution >= 0.6 is 0 Å². The van der Waals surface area contributed by atoms with Crippen molar-refractivity contribution in [2.75, 3.05) is 13.2 Å². The lowest BCUT2D eigenvalue weighted by atomic mass is 10.1. The second-order valence-corrected chi connectivity index (χ2v) is 5.70. The van der Waals surface area contributed by atoms with Crippen molar-refractivity contribution in [2.24, 2.45) is 0 Å². The maximum Gasteiger partial charge on any atom is 0.338 e. The molecule has 0 amide bonds. The number of carbonyl (C=O) groups is 2. The second kappa shape index (κ2) is 7.01. The van der Waals surface area contributed by atoms with Gasteiger partial charge in [-0.3, -0.25) is 4.79 Å². The van der Waals surface area contributed by atoms with Gasteiger partial charge in [0, 0.05) is 0 Å². The molecule has 7 nitrogen and oxygen atoms in total.